The maximum atomic E-state index is 12.6. The molecule has 0 spiro atoms. The maximum Gasteiger partial charge on any atom is 0.253 e. The van der Waals surface area contributed by atoms with Gasteiger partial charge < -0.3 is 10.2 Å². The van der Waals surface area contributed by atoms with Crippen LogP contribution < -0.4 is 5.32 Å². The molecule has 0 bridgehead atoms. The zero-order chi connectivity index (χ0) is 21.7. The first kappa shape index (κ1) is 22.6. The van der Waals surface area contributed by atoms with Crippen molar-refractivity contribution < 1.29 is 18.0 Å². The van der Waals surface area contributed by atoms with Crippen molar-refractivity contribution in [3.05, 3.63) is 69.7 Å². The van der Waals surface area contributed by atoms with Crippen LogP contribution in [0.2, 0.25) is 10.0 Å². The zero-order valence-electron chi connectivity index (χ0n) is 16.1. The fourth-order valence-electron chi connectivity index (χ4n) is 3.07. The molecule has 1 aliphatic rings. The topological polar surface area (TPSA) is 86.8 Å². The van der Waals surface area contributed by atoms with Gasteiger partial charge in [0.1, 0.15) is 0 Å². The van der Waals surface area contributed by atoms with Crippen molar-refractivity contribution in [2.45, 2.75) is 0 Å². The van der Waals surface area contributed by atoms with E-state index in [-0.39, 0.29) is 37.2 Å². The van der Waals surface area contributed by atoms with Crippen LogP contribution in [-0.4, -0.2) is 67.9 Å². The number of carbonyl (C=O) groups is 2. The molecule has 1 N–H and O–H groups in total. The number of sulfonamides is 1. The first-order chi connectivity index (χ1) is 14.3. The molecular formula is C20H21Cl2N3O4S. The summed E-state index contributed by atoms with van der Waals surface area (Å²) in [6, 6.07) is 12.9. The predicted molar refractivity (Wildman–Crippen MR) is 117 cm³/mol. The van der Waals surface area contributed by atoms with Crippen LogP contribution in [0.1, 0.15) is 20.7 Å². The quantitative estimate of drug-likeness (QED) is 0.703. The monoisotopic (exact) mass is 469 g/mol. The van der Waals surface area contributed by atoms with E-state index >= 15 is 0 Å². The molecule has 0 aliphatic carbocycles. The van der Waals surface area contributed by atoms with Gasteiger partial charge in [0, 0.05) is 53.9 Å². The molecule has 0 aromatic heterocycles. The summed E-state index contributed by atoms with van der Waals surface area (Å²) in [6.45, 7) is 1.03. The van der Waals surface area contributed by atoms with E-state index in [1.165, 1.54) is 4.31 Å². The number of piperazine rings is 1. The van der Waals surface area contributed by atoms with Crippen molar-refractivity contribution >= 4 is 45.0 Å². The minimum absolute atomic E-state index is 0.00624. The van der Waals surface area contributed by atoms with Gasteiger partial charge in [0.15, 0.2) is 0 Å². The molecule has 1 heterocycles. The molecule has 0 unspecified atom stereocenters. The van der Waals surface area contributed by atoms with Crippen molar-refractivity contribution in [1.29, 1.82) is 0 Å². The van der Waals surface area contributed by atoms with E-state index in [1.807, 2.05) is 0 Å². The number of benzene rings is 2. The lowest BCUT2D eigenvalue weighted by molar-refractivity contribution is 0.0697. The van der Waals surface area contributed by atoms with Crippen LogP contribution in [-0.2, 0) is 10.0 Å². The lowest BCUT2D eigenvalue weighted by Gasteiger charge is -2.34. The first-order valence-electron chi connectivity index (χ1n) is 9.33. The summed E-state index contributed by atoms with van der Waals surface area (Å²) >= 11 is 11.6. The highest BCUT2D eigenvalue weighted by molar-refractivity contribution is 7.89. The summed E-state index contributed by atoms with van der Waals surface area (Å²) in [7, 11) is -3.55. The Bertz CT molecular complexity index is 1000. The lowest BCUT2D eigenvalue weighted by Crippen LogP contribution is -2.51. The molecule has 10 heteroatoms. The highest BCUT2D eigenvalue weighted by atomic mass is 35.5. The number of hydrogen-bond acceptors (Lipinski definition) is 4. The largest absolute Gasteiger partial charge is 0.351 e. The third kappa shape index (κ3) is 5.72. The van der Waals surface area contributed by atoms with Crippen LogP contribution in [0, 0.1) is 0 Å². The molecule has 7 nitrogen and oxygen atoms in total. The number of rotatable bonds is 6. The Labute approximate surface area is 185 Å². The van der Waals surface area contributed by atoms with E-state index in [0.29, 0.717) is 34.3 Å². The van der Waals surface area contributed by atoms with Gasteiger partial charge in [-0.1, -0.05) is 23.2 Å². The molecule has 160 valence electrons. The van der Waals surface area contributed by atoms with Crippen LogP contribution in [0.15, 0.2) is 48.5 Å². The molecule has 1 aliphatic heterocycles. The number of amides is 2. The van der Waals surface area contributed by atoms with Crippen molar-refractivity contribution in [2.75, 3.05) is 38.5 Å². The highest BCUT2D eigenvalue weighted by Crippen LogP contribution is 2.15. The summed E-state index contributed by atoms with van der Waals surface area (Å²) in [4.78, 5) is 26.2. The van der Waals surface area contributed by atoms with Gasteiger partial charge >= 0.3 is 0 Å². The van der Waals surface area contributed by atoms with E-state index in [4.69, 9.17) is 23.2 Å². The number of halogens is 2. The average Bonchev–Trinajstić information content (AvgIpc) is 2.74. The second-order valence-electron chi connectivity index (χ2n) is 6.78. The normalized spacial score (nSPS) is 15.1. The standard InChI is InChI=1S/C20H21Cl2N3O4S/c21-17-5-1-15(2-6-17)19(26)23-9-14-30(28,29)25-12-10-24(11-13-25)20(27)16-3-7-18(22)8-4-16/h1-8H,9-14H2,(H,23,26). The Hall–Kier alpha value is -2.13. The molecule has 0 saturated carbocycles. The SMILES string of the molecule is O=C(NCCS(=O)(=O)N1CCN(C(=O)c2ccc(Cl)cc2)CC1)c1ccc(Cl)cc1. The Morgan fingerprint density at radius 1 is 0.833 bits per heavy atom. The van der Waals surface area contributed by atoms with E-state index in [0.717, 1.165) is 0 Å². The van der Waals surface area contributed by atoms with E-state index in [1.54, 1.807) is 53.4 Å². The predicted octanol–water partition coefficient (Wildman–Crippen LogP) is 2.51. The number of hydrogen-bond donors (Lipinski definition) is 1. The summed E-state index contributed by atoms with van der Waals surface area (Å²) in [5.74, 6) is -0.725. The van der Waals surface area contributed by atoms with Gasteiger partial charge in [0.2, 0.25) is 10.0 Å². The number of nitrogens with one attached hydrogen (secondary N) is 1. The highest BCUT2D eigenvalue weighted by Gasteiger charge is 2.29. The van der Waals surface area contributed by atoms with Gasteiger partial charge in [0.05, 0.1) is 5.75 Å². The summed E-state index contributed by atoms with van der Waals surface area (Å²) < 4.78 is 26.5. The van der Waals surface area contributed by atoms with Gasteiger partial charge in [-0.05, 0) is 48.5 Å². The summed E-state index contributed by atoms with van der Waals surface area (Å²) in [5.41, 5.74) is 0.923. The third-order valence-corrected chi connectivity index (χ3v) is 7.14. The molecule has 3 rings (SSSR count). The Morgan fingerprint density at radius 3 is 1.87 bits per heavy atom. The first-order valence-corrected chi connectivity index (χ1v) is 11.7. The fraction of sp³-hybridized carbons (Fsp3) is 0.300. The number of nitrogens with zero attached hydrogens (tertiary/aromatic N) is 2. The van der Waals surface area contributed by atoms with Crippen LogP contribution >= 0.6 is 23.2 Å². The molecule has 1 fully saturated rings. The zero-order valence-corrected chi connectivity index (χ0v) is 18.4. The molecule has 30 heavy (non-hydrogen) atoms. The van der Waals surface area contributed by atoms with Crippen molar-refractivity contribution in [1.82, 2.24) is 14.5 Å². The molecule has 1 saturated heterocycles. The molecular weight excluding hydrogens is 449 g/mol. The van der Waals surface area contributed by atoms with Gasteiger partial charge in [0.25, 0.3) is 11.8 Å². The molecule has 2 aromatic carbocycles. The Balaban J connectivity index is 1.48. The molecule has 2 aromatic rings. The second-order valence-corrected chi connectivity index (χ2v) is 9.74. The molecule has 0 radical (unpaired) electrons. The van der Waals surface area contributed by atoms with Gasteiger partial charge in [-0.3, -0.25) is 9.59 Å². The third-order valence-electron chi connectivity index (χ3n) is 4.76. The van der Waals surface area contributed by atoms with Crippen molar-refractivity contribution in [3.8, 4) is 0 Å². The summed E-state index contributed by atoms with van der Waals surface area (Å²) in [6.07, 6.45) is 0. The van der Waals surface area contributed by atoms with Crippen molar-refractivity contribution in [2.24, 2.45) is 0 Å². The Kier molecular flexibility index (Phi) is 7.36. The smallest absolute Gasteiger partial charge is 0.253 e. The van der Waals surface area contributed by atoms with E-state index < -0.39 is 10.0 Å². The maximum absolute atomic E-state index is 12.6. The van der Waals surface area contributed by atoms with E-state index in [2.05, 4.69) is 5.32 Å². The van der Waals surface area contributed by atoms with Gasteiger partial charge in [-0.25, -0.2) is 8.42 Å². The average molecular weight is 470 g/mol. The van der Waals surface area contributed by atoms with Crippen LogP contribution in [0.3, 0.4) is 0 Å². The summed E-state index contributed by atoms with van der Waals surface area (Å²) in [5, 5.41) is 3.67. The van der Waals surface area contributed by atoms with Crippen molar-refractivity contribution in [3.63, 3.8) is 0 Å². The minimum atomic E-state index is -3.55. The van der Waals surface area contributed by atoms with Gasteiger partial charge in [-0.2, -0.15) is 4.31 Å². The van der Waals surface area contributed by atoms with E-state index in [9.17, 15) is 18.0 Å². The molecule has 2 amide bonds. The van der Waals surface area contributed by atoms with Gasteiger partial charge in [-0.15, -0.1) is 0 Å². The fourth-order valence-corrected chi connectivity index (χ4v) is 4.66. The van der Waals surface area contributed by atoms with Crippen LogP contribution in [0.5, 0.6) is 0 Å². The van der Waals surface area contributed by atoms with Crippen LogP contribution in [0.25, 0.3) is 0 Å². The number of carbonyl (C=O) groups excluding carboxylic acids is 2. The second kappa shape index (κ2) is 9.78. The minimum Gasteiger partial charge on any atom is -0.351 e. The molecule has 0 atom stereocenters. The Morgan fingerprint density at radius 2 is 1.33 bits per heavy atom. The van der Waals surface area contributed by atoms with Crippen LogP contribution in [0.4, 0.5) is 0 Å². The lowest BCUT2D eigenvalue weighted by atomic mass is 10.2.